The lowest BCUT2D eigenvalue weighted by Gasteiger charge is -2.33. The fourth-order valence-corrected chi connectivity index (χ4v) is 2.27. The van der Waals surface area contributed by atoms with E-state index < -0.39 is 5.97 Å². The van der Waals surface area contributed by atoms with E-state index in [0.29, 0.717) is 0 Å². The van der Waals surface area contributed by atoms with E-state index in [1.54, 1.807) is 0 Å². The van der Waals surface area contributed by atoms with Crippen molar-refractivity contribution in [3.05, 3.63) is 34.9 Å². The fourth-order valence-electron chi connectivity index (χ4n) is 2.14. The number of piperazine rings is 1. The molecule has 0 spiro atoms. The van der Waals surface area contributed by atoms with Gasteiger partial charge in [-0.2, -0.15) is 0 Å². The van der Waals surface area contributed by atoms with Crippen molar-refractivity contribution in [1.82, 2.24) is 9.80 Å². The second kappa shape index (κ2) is 9.42. The molecule has 1 N–H and O–H groups in total. The number of carbonyl (C=O) groups is 1. The predicted molar refractivity (Wildman–Crippen MR) is 85.3 cm³/mol. The Kier molecular flexibility index (Phi) is 9.18. The molecule has 1 fully saturated rings. The summed E-state index contributed by atoms with van der Waals surface area (Å²) in [5, 5.41) is 9.48. The van der Waals surface area contributed by atoms with Crippen molar-refractivity contribution >= 4 is 42.4 Å². The Labute approximate surface area is 136 Å². The van der Waals surface area contributed by atoms with E-state index in [2.05, 4.69) is 4.90 Å². The summed E-state index contributed by atoms with van der Waals surface area (Å²) >= 11 is 5.85. The molecular formula is C13H19Cl3N2O2. The van der Waals surface area contributed by atoms with Crippen LogP contribution in [0, 0.1) is 0 Å². The van der Waals surface area contributed by atoms with Gasteiger partial charge in [-0.05, 0) is 17.7 Å². The topological polar surface area (TPSA) is 43.8 Å². The Morgan fingerprint density at radius 3 is 2.05 bits per heavy atom. The van der Waals surface area contributed by atoms with Crippen LogP contribution in [0.1, 0.15) is 5.56 Å². The monoisotopic (exact) mass is 340 g/mol. The minimum absolute atomic E-state index is 0. The zero-order valence-corrected chi connectivity index (χ0v) is 13.4. The summed E-state index contributed by atoms with van der Waals surface area (Å²) in [5.74, 6) is -0.749. The summed E-state index contributed by atoms with van der Waals surface area (Å²) in [4.78, 5) is 14.9. The lowest BCUT2D eigenvalue weighted by atomic mass is 10.2. The minimum Gasteiger partial charge on any atom is -0.480 e. The van der Waals surface area contributed by atoms with Crippen LogP contribution in [0.5, 0.6) is 0 Å². The molecule has 1 aromatic rings. The number of benzene rings is 1. The first-order chi connectivity index (χ1) is 8.63. The Morgan fingerprint density at radius 1 is 1.05 bits per heavy atom. The van der Waals surface area contributed by atoms with E-state index in [-0.39, 0.29) is 31.4 Å². The third kappa shape index (κ3) is 6.29. The van der Waals surface area contributed by atoms with E-state index in [1.807, 2.05) is 29.2 Å². The molecule has 0 atom stereocenters. The molecule has 0 aliphatic carbocycles. The summed E-state index contributed by atoms with van der Waals surface area (Å²) in [6.45, 7) is 4.51. The molecule has 4 nitrogen and oxygen atoms in total. The van der Waals surface area contributed by atoms with Crippen molar-refractivity contribution in [3.63, 3.8) is 0 Å². The molecule has 114 valence electrons. The summed E-state index contributed by atoms with van der Waals surface area (Å²) < 4.78 is 0. The summed E-state index contributed by atoms with van der Waals surface area (Å²) in [5.41, 5.74) is 1.24. The first-order valence-electron chi connectivity index (χ1n) is 6.04. The van der Waals surface area contributed by atoms with Gasteiger partial charge in [-0.15, -0.1) is 24.8 Å². The molecule has 0 amide bonds. The van der Waals surface area contributed by atoms with Gasteiger partial charge in [0, 0.05) is 37.7 Å². The molecule has 2 rings (SSSR count). The van der Waals surface area contributed by atoms with Gasteiger partial charge in [0.1, 0.15) is 0 Å². The van der Waals surface area contributed by atoms with Crippen molar-refractivity contribution in [2.45, 2.75) is 6.54 Å². The van der Waals surface area contributed by atoms with Crippen LogP contribution in [-0.2, 0) is 11.3 Å². The number of carboxylic acids is 1. The first-order valence-corrected chi connectivity index (χ1v) is 6.42. The van der Waals surface area contributed by atoms with Crippen molar-refractivity contribution in [1.29, 1.82) is 0 Å². The summed E-state index contributed by atoms with van der Waals surface area (Å²) in [7, 11) is 0. The van der Waals surface area contributed by atoms with Gasteiger partial charge in [-0.1, -0.05) is 23.7 Å². The Balaban J connectivity index is 0.00000180. The maximum absolute atomic E-state index is 10.6. The Hall–Kier alpha value is -0.520. The highest BCUT2D eigenvalue weighted by Crippen LogP contribution is 2.12. The highest BCUT2D eigenvalue weighted by atomic mass is 35.5. The van der Waals surface area contributed by atoms with Crippen LogP contribution in [0.15, 0.2) is 24.3 Å². The second-order valence-corrected chi connectivity index (χ2v) is 5.01. The van der Waals surface area contributed by atoms with Crippen LogP contribution in [0.3, 0.4) is 0 Å². The third-order valence-electron chi connectivity index (χ3n) is 3.14. The number of aliphatic carboxylic acids is 1. The number of rotatable bonds is 4. The molecule has 0 radical (unpaired) electrons. The standard InChI is InChI=1S/C13H17ClN2O2.2ClH/c14-12-3-1-11(2-4-12)9-15-5-7-16(8-6-15)10-13(17)18;;/h1-4H,5-10H2,(H,17,18);2*1H. The van der Waals surface area contributed by atoms with E-state index in [4.69, 9.17) is 16.7 Å². The zero-order valence-electron chi connectivity index (χ0n) is 11.0. The Morgan fingerprint density at radius 2 is 1.55 bits per heavy atom. The molecule has 0 saturated carbocycles. The normalized spacial score (nSPS) is 16.1. The highest BCUT2D eigenvalue weighted by molar-refractivity contribution is 6.30. The van der Waals surface area contributed by atoms with E-state index in [1.165, 1.54) is 5.56 Å². The molecule has 1 heterocycles. The van der Waals surface area contributed by atoms with Gasteiger partial charge in [0.05, 0.1) is 6.54 Å². The fraction of sp³-hybridized carbons (Fsp3) is 0.462. The van der Waals surface area contributed by atoms with E-state index in [9.17, 15) is 4.79 Å². The molecule has 20 heavy (non-hydrogen) atoms. The summed E-state index contributed by atoms with van der Waals surface area (Å²) in [6, 6.07) is 7.87. The molecule has 1 aliphatic rings. The zero-order chi connectivity index (χ0) is 13.0. The van der Waals surface area contributed by atoms with Crippen molar-refractivity contribution < 1.29 is 9.90 Å². The van der Waals surface area contributed by atoms with Gasteiger partial charge in [-0.3, -0.25) is 14.6 Å². The van der Waals surface area contributed by atoms with E-state index in [0.717, 1.165) is 37.7 Å². The van der Waals surface area contributed by atoms with Crippen LogP contribution in [0.4, 0.5) is 0 Å². The Bertz CT molecular complexity index is 407. The molecule has 7 heteroatoms. The largest absolute Gasteiger partial charge is 0.480 e. The highest BCUT2D eigenvalue weighted by Gasteiger charge is 2.18. The molecular weight excluding hydrogens is 323 g/mol. The molecule has 1 aliphatic heterocycles. The number of halogens is 3. The van der Waals surface area contributed by atoms with Gasteiger partial charge in [-0.25, -0.2) is 0 Å². The van der Waals surface area contributed by atoms with Crippen molar-refractivity contribution in [3.8, 4) is 0 Å². The average molecular weight is 342 g/mol. The minimum atomic E-state index is -0.749. The van der Waals surface area contributed by atoms with Gasteiger partial charge in [0.15, 0.2) is 0 Å². The SMILES string of the molecule is Cl.Cl.O=C(O)CN1CCN(Cc2ccc(Cl)cc2)CC1. The second-order valence-electron chi connectivity index (χ2n) is 4.57. The van der Waals surface area contributed by atoms with E-state index >= 15 is 0 Å². The summed E-state index contributed by atoms with van der Waals surface area (Å²) in [6.07, 6.45) is 0. The van der Waals surface area contributed by atoms with Gasteiger partial charge >= 0.3 is 5.97 Å². The van der Waals surface area contributed by atoms with Crippen LogP contribution in [0.2, 0.25) is 5.02 Å². The quantitative estimate of drug-likeness (QED) is 0.913. The van der Waals surface area contributed by atoms with Crippen LogP contribution < -0.4 is 0 Å². The first kappa shape index (κ1) is 19.5. The number of carboxylic acid groups (broad SMARTS) is 1. The molecule has 1 saturated heterocycles. The number of hydrogen-bond donors (Lipinski definition) is 1. The molecule has 0 aromatic heterocycles. The number of hydrogen-bond acceptors (Lipinski definition) is 3. The van der Waals surface area contributed by atoms with Gasteiger partial charge < -0.3 is 5.11 Å². The van der Waals surface area contributed by atoms with Crippen LogP contribution in [0.25, 0.3) is 0 Å². The maximum atomic E-state index is 10.6. The molecule has 1 aromatic carbocycles. The molecule has 0 bridgehead atoms. The van der Waals surface area contributed by atoms with Crippen LogP contribution >= 0.6 is 36.4 Å². The molecule has 0 unspecified atom stereocenters. The smallest absolute Gasteiger partial charge is 0.317 e. The predicted octanol–water partition coefficient (Wildman–Crippen LogP) is 2.39. The average Bonchev–Trinajstić information content (AvgIpc) is 2.34. The van der Waals surface area contributed by atoms with Crippen molar-refractivity contribution in [2.24, 2.45) is 0 Å². The third-order valence-corrected chi connectivity index (χ3v) is 3.40. The van der Waals surface area contributed by atoms with Gasteiger partial charge in [0.25, 0.3) is 0 Å². The van der Waals surface area contributed by atoms with Crippen LogP contribution in [-0.4, -0.2) is 53.6 Å². The van der Waals surface area contributed by atoms with Crippen molar-refractivity contribution in [2.75, 3.05) is 32.7 Å². The number of nitrogens with zero attached hydrogens (tertiary/aromatic N) is 2. The lowest BCUT2D eigenvalue weighted by molar-refractivity contribution is -0.138. The van der Waals surface area contributed by atoms with Gasteiger partial charge in [0.2, 0.25) is 0 Å². The lowest BCUT2D eigenvalue weighted by Crippen LogP contribution is -2.47. The maximum Gasteiger partial charge on any atom is 0.317 e.